The number of nitrogens with zero attached hydrogens (tertiary/aromatic N) is 1. The van der Waals surface area contributed by atoms with Crippen molar-refractivity contribution in [2.24, 2.45) is 5.73 Å². The molecule has 1 aromatic carbocycles. The number of pyridine rings is 1. The lowest BCUT2D eigenvalue weighted by atomic mass is 10.2. The van der Waals surface area contributed by atoms with Gasteiger partial charge in [0.05, 0.1) is 0 Å². The Balaban J connectivity index is 2.06. The van der Waals surface area contributed by atoms with Crippen LogP contribution in [-0.2, 0) is 6.54 Å². The van der Waals surface area contributed by atoms with E-state index in [1.54, 1.807) is 24.3 Å². The molecule has 108 valence electrons. The first-order valence-corrected chi connectivity index (χ1v) is 6.78. The summed E-state index contributed by atoms with van der Waals surface area (Å²) in [6, 6.07) is 8.14. The summed E-state index contributed by atoms with van der Waals surface area (Å²) in [5.74, 6) is -1.55. The van der Waals surface area contributed by atoms with E-state index in [4.69, 9.17) is 10.8 Å². The summed E-state index contributed by atoms with van der Waals surface area (Å²) in [4.78, 5) is 25.6. The Morgan fingerprint density at radius 3 is 2.57 bits per heavy atom. The van der Waals surface area contributed by atoms with Gasteiger partial charge in [-0.05, 0) is 45.8 Å². The third kappa shape index (κ3) is 3.79. The molecule has 2 aromatic rings. The van der Waals surface area contributed by atoms with Gasteiger partial charge >= 0.3 is 5.97 Å². The molecule has 0 bridgehead atoms. The van der Waals surface area contributed by atoms with Crippen LogP contribution < -0.4 is 11.1 Å². The SMILES string of the molecule is NC(=O)c1ccc(NCc2ccc(C(=O)O)nc2)c(Br)c1. The molecule has 0 spiro atoms. The Bertz CT molecular complexity index is 686. The maximum absolute atomic E-state index is 11.1. The van der Waals surface area contributed by atoms with Gasteiger partial charge in [0.15, 0.2) is 0 Å². The van der Waals surface area contributed by atoms with Crippen LogP contribution in [0, 0.1) is 0 Å². The van der Waals surface area contributed by atoms with Gasteiger partial charge in [0.25, 0.3) is 0 Å². The largest absolute Gasteiger partial charge is 0.477 e. The maximum atomic E-state index is 11.1. The molecule has 0 aliphatic carbocycles. The minimum absolute atomic E-state index is 0.00532. The van der Waals surface area contributed by atoms with Crippen molar-refractivity contribution in [3.05, 3.63) is 57.8 Å². The molecule has 0 unspecified atom stereocenters. The van der Waals surface area contributed by atoms with Crippen LogP contribution in [-0.4, -0.2) is 22.0 Å². The molecule has 7 heteroatoms. The fourth-order valence-electron chi connectivity index (χ4n) is 1.66. The average Bonchev–Trinajstić information content (AvgIpc) is 2.46. The third-order valence-corrected chi connectivity index (χ3v) is 3.44. The van der Waals surface area contributed by atoms with Crippen molar-refractivity contribution in [2.75, 3.05) is 5.32 Å². The highest BCUT2D eigenvalue weighted by Crippen LogP contribution is 2.24. The van der Waals surface area contributed by atoms with Crippen molar-refractivity contribution in [1.82, 2.24) is 4.98 Å². The van der Waals surface area contributed by atoms with Crippen LogP contribution in [0.1, 0.15) is 26.4 Å². The fourth-order valence-corrected chi connectivity index (χ4v) is 2.18. The highest BCUT2D eigenvalue weighted by Gasteiger charge is 2.06. The van der Waals surface area contributed by atoms with Gasteiger partial charge in [-0.15, -0.1) is 0 Å². The van der Waals surface area contributed by atoms with Gasteiger partial charge in [0.1, 0.15) is 5.69 Å². The smallest absolute Gasteiger partial charge is 0.354 e. The summed E-state index contributed by atoms with van der Waals surface area (Å²) in [6.45, 7) is 0.474. The Morgan fingerprint density at radius 1 is 1.29 bits per heavy atom. The number of amides is 1. The Labute approximate surface area is 129 Å². The molecule has 6 nitrogen and oxygen atoms in total. The third-order valence-electron chi connectivity index (χ3n) is 2.78. The zero-order chi connectivity index (χ0) is 15.4. The van der Waals surface area contributed by atoms with E-state index < -0.39 is 11.9 Å². The van der Waals surface area contributed by atoms with Crippen LogP contribution >= 0.6 is 15.9 Å². The number of carbonyl (C=O) groups is 2. The highest BCUT2D eigenvalue weighted by atomic mass is 79.9. The predicted molar refractivity (Wildman–Crippen MR) is 81.2 cm³/mol. The van der Waals surface area contributed by atoms with Crippen LogP contribution in [0.25, 0.3) is 0 Å². The van der Waals surface area contributed by atoms with Crippen LogP contribution in [0.15, 0.2) is 41.0 Å². The Hall–Kier alpha value is -2.41. The molecule has 1 heterocycles. The number of aromatic nitrogens is 1. The van der Waals surface area contributed by atoms with Gasteiger partial charge in [-0.1, -0.05) is 6.07 Å². The number of nitrogens with one attached hydrogen (secondary N) is 1. The molecule has 0 aliphatic heterocycles. The molecule has 4 N–H and O–H groups in total. The van der Waals surface area contributed by atoms with Crippen LogP contribution in [0.2, 0.25) is 0 Å². The number of primary amides is 1. The lowest BCUT2D eigenvalue weighted by Crippen LogP contribution is -2.11. The molecule has 0 atom stereocenters. The minimum atomic E-state index is -1.06. The summed E-state index contributed by atoms with van der Waals surface area (Å²) >= 11 is 3.36. The quantitative estimate of drug-likeness (QED) is 0.767. The number of halogens is 1. The first-order chi connectivity index (χ1) is 9.97. The summed E-state index contributed by atoms with van der Waals surface area (Å²) in [6.07, 6.45) is 1.50. The van der Waals surface area contributed by atoms with Crippen LogP contribution in [0.3, 0.4) is 0 Å². The number of carboxylic acid groups (broad SMARTS) is 1. The zero-order valence-corrected chi connectivity index (χ0v) is 12.4. The number of anilines is 1. The van der Waals surface area contributed by atoms with Gasteiger partial charge in [-0.25, -0.2) is 9.78 Å². The number of aromatic carboxylic acids is 1. The Kier molecular flexibility index (Phi) is 4.54. The van der Waals surface area contributed by atoms with E-state index in [9.17, 15) is 9.59 Å². The zero-order valence-electron chi connectivity index (χ0n) is 10.8. The van der Waals surface area contributed by atoms with Crippen molar-refractivity contribution in [3.8, 4) is 0 Å². The van der Waals surface area contributed by atoms with Crippen LogP contribution in [0.5, 0.6) is 0 Å². The van der Waals surface area contributed by atoms with Crippen molar-refractivity contribution >= 4 is 33.5 Å². The average molecular weight is 350 g/mol. The number of carboxylic acids is 1. The number of rotatable bonds is 5. The van der Waals surface area contributed by atoms with Crippen molar-refractivity contribution in [2.45, 2.75) is 6.54 Å². The standard InChI is InChI=1S/C14H12BrN3O3/c15-10-5-9(13(16)19)2-4-11(10)17-6-8-1-3-12(14(20)21)18-7-8/h1-5,7,17H,6H2,(H2,16,19)(H,20,21). The van der Waals surface area contributed by atoms with Crippen LogP contribution in [0.4, 0.5) is 5.69 Å². The van der Waals surface area contributed by atoms with Gasteiger partial charge in [0.2, 0.25) is 5.91 Å². The number of carbonyl (C=O) groups excluding carboxylic acids is 1. The van der Waals surface area contributed by atoms with Gasteiger partial charge in [-0.2, -0.15) is 0 Å². The number of benzene rings is 1. The van der Waals surface area contributed by atoms with E-state index in [2.05, 4.69) is 26.2 Å². The molecule has 0 saturated heterocycles. The summed E-state index contributed by atoms with van der Waals surface area (Å²) in [5.41, 5.74) is 7.25. The molecule has 0 radical (unpaired) electrons. The summed E-state index contributed by atoms with van der Waals surface area (Å²) in [7, 11) is 0. The van der Waals surface area contributed by atoms with E-state index in [0.717, 1.165) is 11.3 Å². The molecule has 21 heavy (non-hydrogen) atoms. The monoisotopic (exact) mass is 349 g/mol. The minimum Gasteiger partial charge on any atom is -0.477 e. The molecule has 1 aromatic heterocycles. The molecule has 2 rings (SSSR count). The fraction of sp³-hybridized carbons (Fsp3) is 0.0714. The highest BCUT2D eigenvalue weighted by molar-refractivity contribution is 9.10. The topological polar surface area (TPSA) is 105 Å². The molecular weight excluding hydrogens is 338 g/mol. The van der Waals surface area contributed by atoms with E-state index in [-0.39, 0.29) is 5.69 Å². The maximum Gasteiger partial charge on any atom is 0.354 e. The van der Waals surface area contributed by atoms with E-state index >= 15 is 0 Å². The first kappa shape index (κ1) is 15.0. The lowest BCUT2D eigenvalue weighted by molar-refractivity contribution is 0.0690. The van der Waals surface area contributed by atoms with E-state index in [1.807, 2.05) is 0 Å². The molecular formula is C14H12BrN3O3. The summed E-state index contributed by atoms with van der Waals surface area (Å²) in [5, 5.41) is 11.9. The lowest BCUT2D eigenvalue weighted by Gasteiger charge is -2.09. The number of hydrogen-bond acceptors (Lipinski definition) is 4. The van der Waals surface area contributed by atoms with Gasteiger partial charge in [0, 0.05) is 28.5 Å². The first-order valence-electron chi connectivity index (χ1n) is 5.99. The second-order valence-electron chi connectivity index (χ2n) is 4.27. The molecule has 0 saturated carbocycles. The number of nitrogens with two attached hydrogens (primary N) is 1. The Morgan fingerprint density at radius 2 is 2.05 bits per heavy atom. The van der Waals surface area contributed by atoms with Crippen molar-refractivity contribution < 1.29 is 14.7 Å². The molecule has 1 amide bonds. The van der Waals surface area contributed by atoms with Gasteiger partial charge < -0.3 is 16.2 Å². The normalized spacial score (nSPS) is 10.1. The summed E-state index contributed by atoms with van der Waals surface area (Å²) < 4.78 is 0.717. The number of hydrogen-bond donors (Lipinski definition) is 3. The van der Waals surface area contributed by atoms with E-state index in [1.165, 1.54) is 12.3 Å². The molecule has 0 fully saturated rings. The van der Waals surface area contributed by atoms with Crippen molar-refractivity contribution in [3.63, 3.8) is 0 Å². The second-order valence-corrected chi connectivity index (χ2v) is 5.12. The predicted octanol–water partition coefficient (Wildman–Crippen LogP) is 2.25. The second kappa shape index (κ2) is 6.36. The van der Waals surface area contributed by atoms with Gasteiger partial charge in [-0.3, -0.25) is 4.79 Å². The van der Waals surface area contributed by atoms with Crippen molar-refractivity contribution in [1.29, 1.82) is 0 Å². The molecule has 0 aliphatic rings. The van der Waals surface area contributed by atoms with E-state index in [0.29, 0.717) is 16.6 Å².